The molecule has 4 rings (SSSR count). The van der Waals surface area contributed by atoms with Gasteiger partial charge in [-0.15, -0.1) is 0 Å². The molecule has 0 spiro atoms. The van der Waals surface area contributed by atoms with E-state index in [1.165, 1.54) is 12.8 Å². The number of anilines is 2. The normalized spacial score (nSPS) is 24.5. The van der Waals surface area contributed by atoms with Crippen molar-refractivity contribution in [2.45, 2.75) is 38.8 Å². The number of rotatable bonds is 3. The molecular weight excluding hydrogens is 322 g/mol. The molecule has 0 aromatic heterocycles. The van der Waals surface area contributed by atoms with E-state index in [0.717, 1.165) is 16.9 Å². The van der Waals surface area contributed by atoms with Gasteiger partial charge in [0.1, 0.15) is 6.07 Å². The Morgan fingerprint density at radius 1 is 1.15 bits per heavy atom. The zero-order chi connectivity index (χ0) is 18.3. The van der Waals surface area contributed by atoms with Gasteiger partial charge in [-0.05, 0) is 42.5 Å². The van der Waals surface area contributed by atoms with Crippen molar-refractivity contribution >= 4 is 17.3 Å². The minimum atomic E-state index is 0.0712. The van der Waals surface area contributed by atoms with Crippen molar-refractivity contribution in [3.63, 3.8) is 0 Å². The molecule has 26 heavy (non-hydrogen) atoms. The first-order valence-corrected chi connectivity index (χ1v) is 9.26. The molecule has 1 heterocycles. The molecule has 1 fully saturated rings. The van der Waals surface area contributed by atoms with Gasteiger partial charge in [0.15, 0.2) is 0 Å². The van der Waals surface area contributed by atoms with E-state index in [2.05, 4.69) is 24.4 Å². The van der Waals surface area contributed by atoms with Crippen LogP contribution in [-0.4, -0.2) is 11.9 Å². The van der Waals surface area contributed by atoms with Crippen LogP contribution in [0.25, 0.3) is 0 Å². The molecule has 1 aliphatic heterocycles. The van der Waals surface area contributed by atoms with E-state index >= 15 is 0 Å². The lowest BCUT2D eigenvalue weighted by Crippen LogP contribution is -2.51. The summed E-state index contributed by atoms with van der Waals surface area (Å²) in [4.78, 5) is 14.5. The number of benzene rings is 2. The quantitative estimate of drug-likeness (QED) is 0.891. The van der Waals surface area contributed by atoms with Crippen molar-refractivity contribution in [3.05, 3.63) is 59.7 Å². The van der Waals surface area contributed by atoms with Crippen LogP contribution in [-0.2, 0) is 4.79 Å². The van der Waals surface area contributed by atoms with Gasteiger partial charge in [-0.2, -0.15) is 5.26 Å². The molecule has 0 bridgehead atoms. The zero-order valence-corrected chi connectivity index (χ0v) is 15.1. The van der Waals surface area contributed by atoms with Crippen molar-refractivity contribution in [2.24, 2.45) is 11.8 Å². The fourth-order valence-electron chi connectivity index (χ4n) is 4.39. The Morgan fingerprint density at radius 2 is 1.85 bits per heavy atom. The number of nitriles is 1. The van der Waals surface area contributed by atoms with Crippen LogP contribution in [0, 0.1) is 23.2 Å². The molecule has 2 aromatic rings. The van der Waals surface area contributed by atoms with Gasteiger partial charge in [-0.25, -0.2) is 0 Å². The second-order valence-corrected chi connectivity index (χ2v) is 7.41. The summed E-state index contributed by atoms with van der Waals surface area (Å²) in [5, 5.41) is 13.0. The van der Waals surface area contributed by atoms with Crippen LogP contribution in [0.4, 0.5) is 11.4 Å². The predicted octanol–water partition coefficient (Wildman–Crippen LogP) is 4.49. The summed E-state index contributed by atoms with van der Waals surface area (Å²) in [6.07, 6.45) is 2.37. The number of amides is 1. The first-order chi connectivity index (χ1) is 12.6. The van der Waals surface area contributed by atoms with Crippen LogP contribution < -0.4 is 10.2 Å². The topological polar surface area (TPSA) is 56.1 Å². The monoisotopic (exact) mass is 345 g/mol. The second-order valence-electron chi connectivity index (χ2n) is 7.41. The number of para-hydroxylation sites is 2. The molecule has 1 N–H and O–H groups in total. The molecule has 1 aliphatic carbocycles. The fraction of sp³-hybridized carbons (Fsp3) is 0.364. The van der Waals surface area contributed by atoms with Crippen LogP contribution in [0.1, 0.15) is 43.9 Å². The summed E-state index contributed by atoms with van der Waals surface area (Å²) < 4.78 is 0. The molecule has 1 saturated carbocycles. The molecule has 132 valence electrons. The summed E-state index contributed by atoms with van der Waals surface area (Å²) in [5.74, 6) is 0.933. The Balaban J connectivity index is 1.80. The van der Waals surface area contributed by atoms with Crippen molar-refractivity contribution in [2.75, 3.05) is 10.2 Å². The van der Waals surface area contributed by atoms with Crippen LogP contribution in [0.5, 0.6) is 0 Å². The lowest BCUT2D eigenvalue weighted by molar-refractivity contribution is -0.117. The zero-order valence-electron chi connectivity index (χ0n) is 15.1. The number of carbonyl (C=O) groups excluding carboxylic acids is 1. The maximum Gasteiger partial charge on any atom is 0.224 e. The maximum atomic E-state index is 12.5. The minimum Gasteiger partial charge on any atom is -0.377 e. The Labute approximate surface area is 154 Å². The third-order valence-corrected chi connectivity index (χ3v) is 5.70. The van der Waals surface area contributed by atoms with Gasteiger partial charge in [0.05, 0.1) is 17.3 Å². The van der Waals surface area contributed by atoms with E-state index in [1.54, 1.807) is 6.92 Å². The van der Waals surface area contributed by atoms with E-state index in [1.807, 2.05) is 47.4 Å². The molecule has 1 amide bonds. The standard InChI is InChI=1S/C22H23N3O/c1-14-21(24-19-9-5-3-7-17(19)13-23)18-8-4-6-10-20(18)25(15(2)26)22(14)16-11-12-16/h3-10,14,16,21-22,24H,11-12H2,1-2H3/t14?,21?,22-/m1/s1. The third-order valence-electron chi connectivity index (χ3n) is 5.70. The van der Waals surface area contributed by atoms with Crippen molar-refractivity contribution in [1.82, 2.24) is 0 Å². The Bertz CT molecular complexity index is 881. The van der Waals surface area contributed by atoms with Gasteiger partial charge in [-0.3, -0.25) is 4.79 Å². The second kappa shape index (κ2) is 6.49. The summed E-state index contributed by atoms with van der Waals surface area (Å²) in [6, 6.07) is 18.3. The number of hydrogen-bond donors (Lipinski definition) is 1. The molecule has 4 heteroatoms. The number of carbonyl (C=O) groups is 1. The summed E-state index contributed by atoms with van der Waals surface area (Å²) in [7, 11) is 0. The third kappa shape index (κ3) is 2.74. The van der Waals surface area contributed by atoms with E-state index in [4.69, 9.17) is 0 Å². The Morgan fingerprint density at radius 3 is 2.54 bits per heavy atom. The van der Waals surface area contributed by atoms with E-state index < -0.39 is 0 Å². The van der Waals surface area contributed by atoms with Gasteiger partial charge in [-0.1, -0.05) is 37.3 Å². The molecular formula is C22H23N3O. The van der Waals surface area contributed by atoms with Gasteiger partial charge >= 0.3 is 0 Å². The lowest BCUT2D eigenvalue weighted by atomic mass is 9.80. The van der Waals surface area contributed by atoms with Gasteiger partial charge in [0, 0.05) is 24.6 Å². The summed E-state index contributed by atoms with van der Waals surface area (Å²) in [5.41, 5.74) is 3.63. The van der Waals surface area contributed by atoms with E-state index in [9.17, 15) is 10.1 Å². The van der Waals surface area contributed by atoms with Gasteiger partial charge in [0.25, 0.3) is 0 Å². The smallest absolute Gasteiger partial charge is 0.224 e. The molecule has 2 aromatic carbocycles. The summed E-state index contributed by atoms with van der Waals surface area (Å²) in [6.45, 7) is 3.89. The highest BCUT2D eigenvalue weighted by Gasteiger charge is 2.47. The minimum absolute atomic E-state index is 0.0712. The van der Waals surface area contributed by atoms with Crippen LogP contribution >= 0.6 is 0 Å². The fourth-order valence-corrected chi connectivity index (χ4v) is 4.39. The number of nitrogens with zero attached hydrogens (tertiary/aromatic N) is 2. The van der Waals surface area contributed by atoms with Gasteiger partial charge < -0.3 is 10.2 Å². The highest BCUT2D eigenvalue weighted by atomic mass is 16.2. The molecule has 0 radical (unpaired) electrons. The summed E-state index contributed by atoms with van der Waals surface area (Å²) >= 11 is 0. The van der Waals surface area contributed by atoms with E-state index in [0.29, 0.717) is 11.5 Å². The maximum absolute atomic E-state index is 12.5. The first-order valence-electron chi connectivity index (χ1n) is 9.26. The average Bonchev–Trinajstić information content (AvgIpc) is 3.48. The van der Waals surface area contributed by atoms with Crippen molar-refractivity contribution in [3.8, 4) is 6.07 Å². The predicted molar refractivity (Wildman–Crippen MR) is 103 cm³/mol. The molecule has 4 nitrogen and oxygen atoms in total. The number of nitrogens with one attached hydrogen (secondary N) is 1. The largest absolute Gasteiger partial charge is 0.377 e. The first kappa shape index (κ1) is 16.7. The Hall–Kier alpha value is -2.80. The number of hydrogen-bond acceptors (Lipinski definition) is 3. The molecule has 0 saturated heterocycles. The Kier molecular flexibility index (Phi) is 4.16. The van der Waals surface area contributed by atoms with Crippen LogP contribution in [0.3, 0.4) is 0 Å². The van der Waals surface area contributed by atoms with E-state index in [-0.39, 0.29) is 23.9 Å². The lowest BCUT2D eigenvalue weighted by Gasteiger charge is -2.46. The van der Waals surface area contributed by atoms with Gasteiger partial charge in [0.2, 0.25) is 5.91 Å². The highest BCUT2D eigenvalue weighted by molar-refractivity contribution is 5.94. The molecule has 3 atom stereocenters. The van der Waals surface area contributed by atoms with Crippen LogP contribution in [0.2, 0.25) is 0 Å². The SMILES string of the molecule is CC(=O)N1c2ccccc2C(Nc2ccccc2C#N)C(C)[C@@H]1C1CC1. The van der Waals surface area contributed by atoms with Crippen molar-refractivity contribution in [1.29, 1.82) is 5.26 Å². The number of fused-ring (bicyclic) bond motifs is 1. The highest BCUT2D eigenvalue weighted by Crippen LogP contribution is 2.50. The van der Waals surface area contributed by atoms with Crippen molar-refractivity contribution < 1.29 is 4.79 Å². The average molecular weight is 345 g/mol. The molecule has 2 aliphatic rings. The molecule has 2 unspecified atom stereocenters. The van der Waals surface area contributed by atoms with Crippen LogP contribution in [0.15, 0.2) is 48.5 Å².